The molecule has 10 heteroatoms. The number of benzene rings is 4. The third-order valence-electron chi connectivity index (χ3n) is 7.63. The van der Waals surface area contributed by atoms with Crippen LogP contribution in [0.4, 0.5) is 11.4 Å². The fourth-order valence-corrected chi connectivity index (χ4v) is 8.76. The van der Waals surface area contributed by atoms with Crippen LogP contribution in [-0.2, 0) is 20.9 Å². The van der Waals surface area contributed by atoms with Crippen LogP contribution in [0.25, 0.3) is 10.8 Å². The maximum Gasteiger partial charge on any atom is 0.308 e. The summed E-state index contributed by atoms with van der Waals surface area (Å²) in [5.74, 6) is -2.15. The van der Waals surface area contributed by atoms with Crippen LogP contribution >= 0.6 is 39.0 Å². The van der Waals surface area contributed by atoms with Gasteiger partial charge in [0.25, 0.3) is 0 Å². The quantitative estimate of drug-likeness (QED) is 0.226. The van der Waals surface area contributed by atoms with Crippen molar-refractivity contribution in [2.75, 3.05) is 10.2 Å². The van der Waals surface area contributed by atoms with E-state index in [4.69, 9.17) is 0 Å². The number of nitrogens with zero attached hydrogens (tertiary/aromatic N) is 2. The molecule has 0 radical (unpaired) electrons. The van der Waals surface area contributed by atoms with Crippen LogP contribution in [0.3, 0.4) is 0 Å². The number of amides is 3. The summed E-state index contributed by atoms with van der Waals surface area (Å²) in [6.07, 6.45) is 0. The topological polar surface area (TPSA) is 88.5 Å². The first-order valence-electron chi connectivity index (χ1n) is 13.3. The number of carbonyl (C=O) groups excluding carboxylic acids is 3. The van der Waals surface area contributed by atoms with E-state index in [-0.39, 0.29) is 29.1 Å². The lowest BCUT2D eigenvalue weighted by atomic mass is 9.83. The Morgan fingerprint density at radius 3 is 2.31 bits per heavy atom. The van der Waals surface area contributed by atoms with Gasteiger partial charge in [0.15, 0.2) is 0 Å². The molecular formula is C32H22BrN3O4S2. The summed E-state index contributed by atoms with van der Waals surface area (Å²) < 4.78 is 2.32. The maximum atomic E-state index is 13.9. The number of aromatic nitrogens is 1. The van der Waals surface area contributed by atoms with E-state index >= 15 is 0 Å². The minimum atomic E-state index is -0.734. The molecule has 2 aliphatic heterocycles. The van der Waals surface area contributed by atoms with Crippen molar-refractivity contribution in [3.05, 3.63) is 122 Å². The summed E-state index contributed by atoms with van der Waals surface area (Å²) in [5.41, 5.74) is 1.98. The van der Waals surface area contributed by atoms with Crippen molar-refractivity contribution in [3.8, 4) is 0 Å². The number of thioether (sulfide) groups is 1. The highest BCUT2D eigenvalue weighted by Gasteiger charge is 2.56. The van der Waals surface area contributed by atoms with Crippen LogP contribution in [0, 0.1) is 5.92 Å². The van der Waals surface area contributed by atoms with E-state index in [1.807, 2.05) is 72.8 Å². The van der Waals surface area contributed by atoms with Crippen molar-refractivity contribution in [3.63, 3.8) is 0 Å². The molecule has 0 bridgehead atoms. The zero-order valence-electron chi connectivity index (χ0n) is 21.9. The highest BCUT2D eigenvalue weighted by molar-refractivity contribution is 9.10. The second kappa shape index (κ2) is 10.7. The van der Waals surface area contributed by atoms with Crippen LogP contribution < -0.4 is 15.1 Å². The van der Waals surface area contributed by atoms with Crippen molar-refractivity contribution < 1.29 is 14.4 Å². The molecule has 7 nitrogen and oxygen atoms in total. The van der Waals surface area contributed by atoms with Gasteiger partial charge in [-0.25, -0.2) is 4.90 Å². The average Bonchev–Trinajstić information content (AvgIpc) is 3.44. The number of halogens is 1. The molecule has 7 rings (SSSR count). The SMILES string of the molecule is O=C(Cn1c2c(sc1=O)C(c1ccc(Br)cc1)C1C(=O)N(c3ccccc3)C(=O)C1S2)Nc1ccc2ccccc2c1. The zero-order chi connectivity index (χ0) is 29.0. The number of rotatable bonds is 5. The number of imide groups is 1. The third-order valence-corrected chi connectivity index (χ3v) is 10.8. The Hall–Kier alpha value is -3.99. The smallest absolute Gasteiger partial charge is 0.308 e. The standard InChI is InChI=1S/C32H22BrN3O4S2/c33-21-13-10-19(11-14-21)25-26-27(30(39)36(29(26)38)23-8-2-1-3-9-23)41-31-28(25)42-32(40)35(31)17-24(37)34-22-15-12-18-6-4-5-7-20(18)16-22/h1-16,25-27H,17H2,(H,34,37). The van der Waals surface area contributed by atoms with Crippen LogP contribution in [0.5, 0.6) is 0 Å². The minimum Gasteiger partial charge on any atom is -0.325 e. The van der Waals surface area contributed by atoms with Crippen molar-refractivity contribution in [1.29, 1.82) is 0 Å². The molecule has 0 aliphatic carbocycles. The number of nitrogens with one attached hydrogen (secondary N) is 1. The predicted octanol–water partition coefficient (Wildman–Crippen LogP) is 6.26. The monoisotopic (exact) mass is 655 g/mol. The van der Waals surface area contributed by atoms with Gasteiger partial charge in [-0.3, -0.25) is 23.7 Å². The first-order valence-corrected chi connectivity index (χ1v) is 15.7. The van der Waals surface area contributed by atoms with Gasteiger partial charge in [-0.15, -0.1) is 0 Å². The summed E-state index contributed by atoms with van der Waals surface area (Å²) >= 11 is 5.72. The molecule has 2 aliphatic rings. The average molecular weight is 657 g/mol. The summed E-state index contributed by atoms with van der Waals surface area (Å²) in [5, 5.41) is 4.79. The van der Waals surface area contributed by atoms with Gasteiger partial charge in [0, 0.05) is 21.0 Å². The van der Waals surface area contributed by atoms with Gasteiger partial charge < -0.3 is 5.32 Å². The lowest BCUT2D eigenvalue weighted by molar-refractivity contribution is -0.122. The number of para-hydroxylation sites is 1. The van der Waals surface area contributed by atoms with Crippen LogP contribution in [-0.4, -0.2) is 27.5 Å². The van der Waals surface area contributed by atoms with E-state index in [2.05, 4.69) is 21.2 Å². The maximum absolute atomic E-state index is 13.9. The van der Waals surface area contributed by atoms with Crippen LogP contribution in [0.15, 0.2) is 111 Å². The third kappa shape index (κ3) is 4.59. The van der Waals surface area contributed by atoms with Gasteiger partial charge in [-0.05, 0) is 52.7 Å². The molecule has 1 saturated heterocycles. The second-order valence-corrected chi connectivity index (χ2v) is 13.2. The van der Waals surface area contributed by atoms with E-state index in [1.165, 1.54) is 21.2 Å². The Labute approximate surface area is 257 Å². The number of hydrogen-bond donors (Lipinski definition) is 1. The Kier molecular flexibility index (Phi) is 6.84. The summed E-state index contributed by atoms with van der Waals surface area (Å²) in [7, 11) is 0. The van der Waals surface area contributed by atoms with Crippen LogP contribution in [0.1, 0.15) is 16.4 Å². The molecular weight excluding hydrogens is 634 g/mol. The molecule has 3 atom stereocenters. The van der Waals surface area contributed by atoms with E-state index in [9.17, 15) is 19.2 Å². The Balaban J connectivity index is 1.26. The molecule has 1 fully saturated rings. The molecule has 3 amide bonds. The van der Waals surface area contributed by atoms with E-state index < -0.39 is 17.1 Å². The zero-order valence-corrected chi connectivity index (χ0v) is 25.1. The molecule has 208 valence electrons. The molecule has 5 aromatic rings. The summed E-state index contributed by atoms with van der Waals surface area (Å²) in [6, 6.07) is 30.0. The minimum absolute atomic E-state index is 0.209. The van der Waals surface area contributed by atoms with Crippen molar-refractivity contribution >= 4 is 78.9 Å². The van der Waals surface area contributed by atoms with Crippen LogP contribution in [0.2, 0.25) is 0 Å². The molecule has 3 unspecified atom stereocenters. The van der Waals surface area contributed by atoms with Gasteiger partial charge in [0.2, 0.25) is 17.7 Å². The van der Waals surface area contributed by atoms with E-state index in [0.717, 1.165) is 32.1 Å². The highest BCUT2D eigenvalue weighted by atomic mass is 79.9. The molecule has 3 heterocycles. The van der Waals surface area contributed by atoms with Gasteiger partial charge in [-0.2, -0.15) is 0 Å². The lowest BCUT2D eigenvalue weighted by Crippen LogP contribution is -2.33. The van der Waals surface area contributed by atoms with Crippen molar-refractivity contribution in [2.24, 2.45) is 5.92 Å². The first-order chi connectivity index (χ1) is 20.4. The molecule has 4 aromatic carbocycles. The summed E-state index contributed by atoms with van der Waals surface area (Å²) in [6.45, 7) is -0.209. The largest absolute Gasteiger partial charge is 0.325 e. The molecule has 0 saturated carbocycles. The number of carbonyl (C=O) groups is 3. The fourth-order valence-electron chi connectivity index (χ4n) is 5.73. The Morgan fingerprint density at radius 1 is 0.833 bits per heavy atom. The van der Waals surface area contributed by atoms with Crippen molar-refractivity contribution in [1.82, 2.24) is 4.57 Å². The molecule has 42 heavy (non-hydrogen) atoms. The normalized spacial score (nSPS) is 19.5. The lowest BCUT2D eigenvalue weighted by Gasteiger charge is -2.30. The number of thiazole rings is 1. The molecule has 0 spiro atoms. The molecule has 1 aromatic heterocycles. The number of anilines is 2. The summed E-state index contributed by atoms with van der Waals surface area (Å²) in [4.78, 5) is 55.9. The van der Waals surface area contributed by atoms with Gasteiger partial charge in [-0.1, -0.05) is 99.7 Å². The van der Waals surface area contributed by atoms with E-state index in [0.29, 0.717) is 21.3 Å². The second-order valence-electron chi connectivity index (χ2n) is 10.2. The van der Waals surface area contributed by atoms with Gasteiger partial charge >= 0.3 is 4.87 Å². The van der Waals surface area contributed by atoms with Crippen molar-refractivity contribution in [2.45, 2.75) is 22.7 Å². The number of hydrogen-bond acceptors (Lipinski definition) is 6. The number of fused-ring (bicyclic) bond motifs is 3. The Morgan fingerprint density at radius 2 is 1.55 bits per heavy atom. The van der Waals surface area contributed by atoms with Gasteiger partial charge in [0.05, 0.1) is 16.6 Å². The fraction of sp³-hybridized carbons (Fsp3) is 0.125. The van der Waals surface area contributed by atoms with E-state index in [1.54, 1.807) is 24.3 Å². The Bertz CT molecular complexity index is 1940. The molecule has 1 N–H and O–H groups in total. The van der Waals surface area contributed by atoms with Gasteiger partial charge in [0.1, 0.15) is 11.8 Å². The highest BCUT2D eigenvalue weighted by Crippen LogP contribution is 2.53. The first kappa shape index (κ1) is 26.9. The predicted molar refractivity (Wildman–Crippen MR) is 169 cm³/mol.